The smallest absolute Gasteiger partial charge is 0.260 e. The standard InChI is InChI=1S/C31H35F2N3/c1-4-22-17-23-9-6-7-11-28(23)35-30(22)27-18-25(14-13-21(27)3)34-29-12-8-10-24-19-36(16-15-26(24)29)20-31(32,33)5-2/h6-14,18,34-35H,4-5,15-17,19-20H2,1-3H3. The number of halogens is 2. The van der Waals surface area contributed by atoms with Crippen LogP contribution in [0.5, 0.6) is 0 Å². The Morgan fingerprint density at radius 1 is 1.00 bits per heavy atom. The van der Waals surface area contributed by atoms with Crippen molar-refractivity contribution < 1.29 is 8.78 Å². The first-order valence-corrected chi connectivity index (χ1v) is 13.0. The van der Waals surface area contributed by atoms with Crippen molar-refractivity contribution in [2.24, 2.45) is 0 Å². The molecular formula is C31H35F2N3. The van der Waals surface area contributed by atoms with E-state index in [-0.39, 0.29) is 13.0 Å². The zero-order valence-corrected chi connectivity index (χ0v) is 21.4. The molecule has 0 atom stereocenters. The molecule has 0 amide bonds. The Morgan fingerprint density at radius 2 is 1.81 bits per heavy atom. The average molecular weight is 488 g/mol. The van der Waals surface area contributed by atoms with E-state index in [1.807, 2.05) is 11.0 Å². The first kappa shape index (κ1) is 24.5. The predicted octanol–water partition coefficient (Wildman–Crippen LogP) is 7.93. The largest absolute Gasteiger partial charge is 0.355 e. The van der Waals surface area contributed by atoms with Gasteiger partial charge in [0.2, 0.25) is 0 Å². The molecule has 2 aliphatic heterocycles. The van der Waals surface area contributed by atoms with E-state index >= 15 is 0 Å². The number of fused-ring (bicyclic) bond motifs is 2. The van der Waals surface area contributed by atoms with Crippen LogP contribution in [0, 0.1) is 6.92 Å². The second kappa shape index (κ2) is 10.1. The maximum Gasteiger partial charge on any atom is 0.260 e. The Labute approximate surface area is 213 Å². The third-order valence-corrected chi connectivity index (χ3v) is 7.56. The molecule has 3 aromatic rings. The number of hydrogen-bond donors (Lipinski definition) is 2. The van der Waals surface area contributed by atoms with Gasteiger partial charge in [0.25, 0.3) is 5.92 Å². The van der Waals surface area contributed by atoms with E-state index in [2.05, 4.69) is 79.1 Å². The molecule has 0 aromatic heterocycles. The van der Waals surface area contributed by atoms with Crippen LogP contribution in [0.25, 0.3) is 5.70 Å². The summed E-state index contributed by atoms with van der Waals surface area (Å²) in [5.74, 6) is -2.63. The van der Waals surface area contributed by atoms with Gasteiger partial charge in [0, 0.05) is 47.8 Å². The zero-order chi connectivity index (χ0) is 25.3. The topological polar surface area (TPSA) is 27.3 Å². The maximum atomic E-state index is 14.0. The molecule has 0 fully saturated rings. The maximum absolute atomic E-state index is 14.0. The molecule has 36 heavy (non-hydrogen) atoms. The number of benzene rings is 3. The first-order valence-electron chi connectivity index (χ1n) is 13.0. The molecule has 2 N–H and O–H groups in total. The molecule has 0 radical (unpaired) electrons. The van der Waals surface area contributed by atoms with Crippen LogP contribution >= 0.6 is 0 Å². The van der Waals surface area contributed by atoms with Gasteiger partial charge in [-0.3, -0.25) is 4.90 Å². The summed E-state index contributed by atoms with van der Waals surface area (Å²) < 4.78 is 28.0. The van der Waals surface area contributed by atoms with Crippen LogP contribution < -0.4 is 10.6 Å². The van der Waals surface area contributed by atoms with Crippen LogP contribution in [0.3, 0.4) is 0 Å². The summed E-state index contributed by atoms with van der Waals surface area (Å²) in [6, 6.07) is 21.2. The van der Waals surface area contributed by atoms with Gasteiger partial charge in [-0.05, 0) is 78.3 Å². The Morgan fingerprint density at radius 3 is 2.61 bits per heavy atom. The summed E-state index contributed by atoms with van der Waals surface area (Å²) in [6.07, 6.45) is 2.60. The second-order valence-corrected chi connectivity index (χ2v) is 10.1. The Kier molecular flexibility index (Phi) is 6.85. The van der Waals surface area contributed by atoms with E-state index in [4.69, 9.17) is 0 Å². The molecule has 0 spiro atoms. The lowest BCUT2D eigenvalue weighted by Crippen LogP contribution is -2.39. The molecule has 5 rings (SSSR count). The van der Waals surface area contributed by atoms with Crippen molar-refractivity contribution in [1.82, 2.24) is 4.90 Å². The first-order chi connectivity index (χ1) is 17.4. The van der Waals surface area contributed by atoms with Gasteiger partial charge in [-0.1, -0.05) is 50.2 Å². The summed E-state index contributed by atoms with van der Waals surface area (Å²) in [4.78, 5) is 1.88. The molecule has 0 bridgehead atoms. The minimum absolute atomic E-state index is 0.121. The van der Waals surface area contributed by atoms with Crippen LogP contribution in [0.2, 0.25) is 0 Å². The van der Waals surface area contributed by atoms with Gasteiger partial charge < -0.3 is 10.6 Å². The molecular weight excluding hydrogens is 452 g/mol. The second-order valence-electron chi connectivity index (χ2n) is 10.1. The van der Waals surface area contributed by atoms with Crippen molar-refractivity contribution in [2.75, 3.05) is 23.7 Å². The molecule has 5 heteroatoms. The van der Waals surface area contributed by atoms with Crippen molar-refractivity contribution in [3.05, 3.63) is 94.1 Å². The van der Waals surface area contributed by atoms with Crippen LogP contribution in [-0.4, -0.2) is 23.9 Å². The van der Waals surface area contributed by atoms with E-state index in [1.165, 1.54) is 39.2 Å². The lowest BCUT2D eigenvalue weighted by atomic mass is 9.91. The van der Waals surface area contributed by atoms with E-state index in [9.17, 15) is 8.78 Å². The summed E-state index contributed by atoms with van der Waals surface area (Å²) in [6.45, 7) is 6.97. The summed E-state index contributed by atoms with van der Waals surface area (Å²) >= 11 is 0. The lowest BCUT2D eigenvalue weighted by Gasteiger charge is -2.32. The van der Waals surface area contributed by atoms with Crippen LogP contribution in [0.1, 0.15) is 54.5 Å². The highest BCUT2D eigenvalue weighted by Crippen LogP contribution is 2.37. The molecule has 0 saturated carbocycles. The molecule has 188 valence electrons. The van der Waals surface area contributed by atoms with Crippen LogP contribution in [0.15, 0.2) is 66.2 Å². The van der Waals surface area contributed by atoms with Gasteiger partial charge in [-0.2, -0.15) is 0 Å². The van der Waals surface area contributed by atoms with Crippen molar-refractivity contribution in [1.29, 1.82) is 0 Å². The number of alkyl halides is 2. The number of anilines is 3. The Balaban J connectivity index is 1.41. The van der Waals surface area contributed by atoms with Gasteiger partial charge >= 0.3 is 0 Å². The molecule has 0 saturated heterocycles. The lowest BCUT2D eigenvalue weighted by molar-refractivity contribution is -0.0382. The van der Waals surface area contributed by atoms with Crippen molar-refractivity contribution in [2.45, 2.75) is 58.9 Å². The van der Waals surface area contributed by atoms with E-state index < -0.39 is 5.92 Å². The molecule has 0 unspecified atom stereocenters. The molecule has 0 aliphatic carbocycles. The van der Waals surface area contributed by atoms with Crippen molar-refractivity contribution >= 4 is 22.8 Å². The third-order valence-electron chi connectivity index (χ3n) is 7.56. The molecule has 3 nitrogen and oxygen atoms in total. The highest BCUT2D eigenvalue weighted by molar-refractivity contribution is 5.86. The summed E-state index contributed by atoms with van der Waals surface area (Å²) in [5.41, 5.74) is 12.0. The Hall–Kier alpha value is -3.18. The number of hydrogen-bond acceptors (Lipinski definition) is 3. The average Bonchev–Trinajstić information content (AvgIpc) is 2.89. The zero-order valence-electron chi connectivity index (χ0n) is 21.4. The number of allylic oxidation sites excluding steroid dienone is 1. The fourth-order valence-electron chi connectivity index (χ4n) is 5.38. The summed E-state index contributed by atoms with van der Waals surface area (Å²) in [5, 5.41) is 7.36. The molecule has 2 heterocycles. The van der Waals surface area contributed by atoms with E-state index in [0.717, 1.165) is 36.2 Å². The SMILES string of the molecule is CCC1=C(c2cc(Nc3cccc4c3CCN(CC(F)(F)CC)C4)ccc2C)Nc2ccccc2C1. The number of aryl methyl sites for hydroxylation is 1. The highest BCUT2D eigenvalue weighted by atomic mass is 19.3. The third kappa shape index (κ3) is 5.03. The van der Waals surface area contributed by atoms with Crippen LogP contribution in [0.4, 0.5) is 25.8 Å². The molecule has 3 aromatic carbocycles. The number of para-hydroxylation sites is 1. The quantitative estimate of drug-likeness (QED) is 0.354. The minimum Gasteiger partial charge on any atom is -0.355 e. The summed E-state index contributed by atoms with van der Waals surface area (Å²) in [7, 11) is 0. The fraction of sp³-hybridized carbons (Fsp3) is 0.355. The fourth-order valence-corrected chi connectivity index (χ4v) is 5.38. The highest BCUT2D eigenvalue weighted by Gasteiger charge is 2.31. The number of rotatable bonds is 7. The van der Waals surface area contributed by atoms with Crippen molar-refractivity contribution in [3.8, 4) is 0 Å². The predicted molar refractivity (Wildman–Crippen MR) is 146 cm³/mol. The van der Waals surface area contributed by atoms with Gasteiger partial charge in [0.1, 0.15) is 0 Å². The number of nitrogens with zero attached hydrogens (tertiary/aromatic N) is 1. The van der Waals surface area contributed by atoms with Crippen molar-refractivity contribution in [3.63, 3.8) is 0 Å². The van der Waals surface area contributed by atoms with Gasteiger partial charge in [-0.25, -0.2) is 8.78 Å². The Bertz CT molecular complexity index is 1290. The van der Waals surface area contributed by atoms with Gasteiger partial charge in [0.05, 0.1) is 6.54 Å². The number of nitrogens with one attached hydrogen (secondary N) is 2. The monoisotopic (exact) mass is 487 g/mol. The van der Waals surface area contributed by atoms with Gasteiger partial charge in [-0.15, -0.1) is 0 Å². The normalized spacial score (nSPS) is 15.8. The minimum atomic E-state index is -2.63. The van der Waals surface area contributed by atoms with E-state index in [1.54, 1.807) is 6.92 Å². The van der Waals surface area contributed by atoms with Gasteiger partial charge in [0.15, 0.2) is 0 Å². The molecule has 2 aliphatic rings. The van der Waals surface area contributed by atoms with E-state index in [0.29, 0.717) is 13.1 Å². The van der Waals surface area contributed by atoms with Crippen LogP contribution in [-0.2, 0) is 19.4 Å².